The summed E-state index contributed by atoms with van der Waals surface area (Å²) in [5.41, 5.74) is -0.284. The summed E-state index contributed by atoms with van der Waals surface area (Å²) in [6.45, 7) is 0.432. The molecule has 0 aliphatic heterocycles. The predicted molar refractivity (Wildman–Crippen MR) is 69.5 cm³/mol. The van der Waals surface area contributed by atoms with Crippen molar-refractivity contribution in [2.75, 3.05) is 5.32 Å². The number of benzene rings is 1. The van der Waals surface area contributed by atoms with Crippen LogP contribution in [0.2, 0.25) is 0 Å². The van der Waals surface area contributed by atoms with E-state index in [1.807, 2.05) is 5.38 Å². The molecule has 1 heterocycles. The Morgan fingerprint density at radius 3 is 2.89 bits per heavy atom. The maximum Gasteiger partial charge on any atom is 0.342 e. The van der Waals surface area contributed by atoms with E-state index in [-0.39, 0.29) is 5.56 Å². The molecular weight excluding hydrogens is 270 g/mol. The Kier molecular flexibility index (Phi) is 3.71. The van der Waals surface area contributed by atoms with Crippen molar-refractivity contribution in [2.24, 2.45) is 0 Å². The molecule has 0 aliphatic carbocycles. The van der Waals surface area contributed by atoms with E-state index < -0.39 is 16.6 Å². The van der Waals surface area contributed by atoms with E-state index in [4.69, 9.17) is 5.11 Å². The van der Waals surface area contributed by atoms with Gasteiger partial charge in [-0.15, -0.1) is 11.3 Å². The average Bonchev–Trinajstić information content (AvgIpc) is 2.88. The summed E-state index contributed by atoms with van der Waals surface area (Å²) in [7, 11) is 0. The van der Waals surface area contributed by atoms with E-state index in [9.17, 15) is 14.9 Å². The maximum atomic E-state index is 10.8. The van der Waals surface area contributed by atoms with E-state index in [1.165, 1.54) is 29.5 Å². The van der Waals surface area contributed by atoms with Crippen molar-refractivity contribution in [3.63, 3.8) is 0 Å². The average molecular weight is 279 g/mol. The Morgan fingerprint density at radius 1 is 1.53 bits per heavy atom. The first-order chi connectivity index (χ1) is 9.08. The normalized spacial score (nSPS) is 10.1. The first-order valence-electron chi connectivity index (χ1n) is 5.22. The number of hydrogen-bond donors (Lipinski definition) is 2. The number of nitro benzene ring substituents is 1. The zero-order valence-corrected chi connectivity index (χ0v) is 10.4. The van der Waals surface area contributed by atoms with Crippen LogP contribution in [0.3, 0.4) is 0 Å². The molecule has 0 atom stereocenters. The molecule has 8 heteroatoms. The monoisotopic (exact) mass is 279 g/mol. The third kappa shape index (κ3) is 3.05. The molecule has 7 nitrogen and oxygen atoms in total. The first kappa shape index (κ1) is 13.0. The van der Waals surface area contributed by atoms with Crippen LogP contribution in [0.1, 0.15) is 15.4 Å². The fourth-order valence-electron chi connectivity index (χ4n) is 1.49. The lowest BCUT2D eigenvalue weighted by Gasteiger charge is -2.05. The van der Waals surface area contributed by atoms with Gasteiger partial charge in [-0.3, -0.25) is 10.1 Å². The van der Waals surface area contributed by atoms with Gasteiger partial charge in [0.15, 0.2) is 0 Å². The maximum absolute atomic E-state index is 10.8. The first-order valence-corrected chi connectivity index (χ1v) is 6.10. The van der Waals surface area contributed by atoms with Gasteiger partial charge >= 0.3 is 5.97 Å². The molecule has 0 fully saturated rings. The van der Waals surface area contributed by atoms with Gasteiger partial charge in [-0.1, -0.05) is 0 Å². The Hall–Kier alpha value is -2.48. The lowest BCUT2D eigenvalue weighted by atomic mass is 10.1. The second-order valence-corrected chi connectivity index (χ2v) is 4.55. The second-order valence-electron chi connectivity index (χ2n) is 3.57. The van der Waals surface area contributed by atoms with E-state index >= 15 is 0 Å². The highest BCUT2D eigenvalue weighted by atomic mass is 32.1. The number of thiazole rings is 1. The van der Waals surface area contributed by atoms with Crippen LogP contribution in [0, 0.1) is 10.1 Å². The minimum Gasteiger partial charge on any atom is -0.477 e. The van der Waals surface area contributed by atoms with Crippen LogP contribution in [0.15, 0.2) is 29.8 Å². The number of hydrogen-bond acceptors (Lipinski definition) is 6. The van der Waals surface area contributed by atoms with E-state index in [1.54, 1.807) is 6.20 Å². The number of anilines is 1. The summed E-state index contributed by atoms with van der Waals surface area (Å²) in [5, 5.41) is 25.3. The molecule has 98 valence electrons. The molecule has 0 spiro atoms. The van der Waals surface area contributed by atoms with Crippen molar-refractivity contribution in [2.45, 2.75) is 6.54 Å². The van der Waals surface area contributed by atoms with E-state index in [0.29, 0.717) is 12.2 Å². The molecule has 0 saturated heterocycles. The number of carbonyl (C=O) groups is 1. The summed E-state index contributed by atoms with van der Waals surface area (Å²) in [4.78, 5) is 25.0. The van der Waals surface area contributed by atoms with E-state index in [2.05, 4.69) is 10.3 Å². The number of nitrogens with one attached hydrogen (secondary N) is 1. The summed E-state index contributed by atoms with van der Waals surface area (Å²) in [5.74, 6) is -1.32. The van der Waals surface area contributed by atoms with Gasteiger partial charge < -0.3 is 10.4 Å². The highest BCUT2D eigenvalue weighted by Crippen LogP contribution is 2.23. The topological polar surface area (TPSA) is 105 Å². The van der Waals surface area contributed by atoms with Crippen LogP contribution < -0.4 is 5.32 Å². The Morgan fingerprint density at radius 2 is 2.32 bits per heavy atom. The number of aromatic nitrogens is 1. The summed E-state index contributed by atoms with van der Waals surface area (Å²) < 4.78 is 0. The molecule has 1 aromatic heterocycles. The number of rotatable bonds is 5. The SMILES string of the molecule is O=C(O)c1ccc(NCc2nccs2)cc1[N+](=O)[O-]. The number of carboxylic acid groups (broad SMARTS) is 1. The molecule has 1 aromatic carbocycles. The fourth-order valence-corrected chi connectivity index (χ4v) is 2.05. The zero-order chi connectivity index (χ0) is 13.8. The van der Waals surface area contributed by atoms with Gasteiger partial charge in [0.05, 0.1) is 11.5 Å². The van der Waals surface area contributed by atoms with Crippen LogP contribution in [0.5, 0.6) is 0 Å². The van der Waals surface area contributed by atoms with Crippen molar-refractivity contribution in [1.82, 2.24) is 4.98 Å². The molecule has 0 amide bonds. The van der Waals surface area contributed by atoms with Crippen molar-refractivity contribution in [1.29, 1.82) is 0 Å². The Bertz CT molecular complexity index is 612. The third-order valence-corrected chi connectivity index (χ3v) is 3.13. The van der Waals surface area contributed by atoms with Gasteiger partial charge in [0.25, 0.3) is 5.69 Å². The lowest BCUT2D eigenvalue weighted by molar-refractivity contribution is -0.385. The number of aromatic carboxylic acids is 1. The highest BCUT2D eigenvalue weighted by Gasteiger charge is 2.19. The van der Waals surface area contributed by atoms with Gasteiger partial charge in [-0.2, -0.15) is 0 Å². The highest BCUT2D eigenvalue weighted by molar-refractivity contribution is 7.09. The van der Waals surface area contributed by atoms with E-state index in [0.717, 1.165) is 5.01 Å². The van der Waals surface area contributed by atoms with Gasteiger partial charge in [-0.05, 0) is 12.1 Å². The van der Waals surface area contributed by atoms with Crippen molar-refractivity contribution >= 4 is 28.7 Å². The standard InChI is InChI=1S/C11H9N3O4S/c15-11(16)8-2-1-7(5-9(8)14(17)18)13-6-10-12-3-4-19-10/h1-5,13H,6H2,(H,15,16). The van der Waals surface area contributed by atoms with Gasteiger partial charge in [0.2, 0.25) is 0 Å². The third-order valence-electron chi connectivity index (χ3n) is 2.35. The summed E-state index contributed by atoms with van der Waals surface area (Å²) in [6.07, 6.45) is 1.66. The minimum atomic E-state index is -1.32. The minimum absolute atomic E-state index is 0.329. The number of nitrogens with zero attached hydrogens (tertiary/aromatic N) is 2. The van der Waals surface area contributed by atoms with Crippen molar-refractivity contribution in [3.05, 3.63) is 50.5 Å². The second kappa shape index (κ2) is 5.44. The smallest absolute Gasteiger partial charge is 0.342 e. The van der Waals surface area contributed by atoms with Crippen molar-refractivity contribution in [3.8, 4) is 0 Å². The van der Waals surface area contributed by atoms with Crippen LogP contribution in [0.25, 0.3) is 0 Å². The molecule has 2 aromatic rings. The molecular formula is C11H9N3O4S. The zero-order valence-electron chi connectivity index (χ0n) is 9.57. The lowest BCUT2D eigenvalue weighted by Crippen LogP contribution is -2.05. The largest absolute Gasteiger partial charge is 0.477 e. The van der Waals surface area contributed by atoms with Crippen LogP contribution in [0.4, 0.5) is 11.4 Å². The van der Waals surface area contributed by atoms with Crippen LogP contribution in [-0.2, 0) is 6.54 Å². The van der Waals surface area contributed by atoms with Crippen molar-refractivity contribution < 1.29 is 14.8 Å². The number of nitro groups is 1. The van der Waals surface area contributed by atoms with Crippen LogP contribution >= 0.6 is 11.3 Å². The fraction of sp³-hybridized carbons (Fsp3) is 0.0909. The van der Waals surface area contributed by atoms with Crippen LogP contribution in [-0.4, -0.2) is 21.0 Å². The quantitative estimate of drug-likeness (QED) is 0.643. The molecule has 0 unspecified atom stereocenters. The molecule has 0 saturated carbocycles. The Balaban J connectivity index is 2.20. The number of carboxylic acids is 1. The van der Waals surface area contributed by atoms with Gasteiger partial charge in [-0.25, -0.2) is 9.78 Å². The molecule has 0 bridgehead atoms. The molecule has 0 radical (unpaired) electrons. The Labute approximate surface area is 111 Å². The predicted octanol–water partition coefficient (Wildman–Crippen LogP) is 2.36. The molecule has 0 aliphatic rings. The molecule has 2 rings (SSSR count). The summed E-state index contributed by atoms with van der Waals surface area (Å²) >= 11 is 1.46. The summed E-state index contributed by atoms with van der Waals surface area (Å²) in [6, 6.07) is 3.91. The van der Waals surface area contributed by atoms with Gasteiger partial charge in [0.1, 0.15) is 10.6 Å². The van der Waals surface area contributed by atoms with Gasteiger partial charge in [0, 0.05) is 23.3 Å². The molecule has 2 N–H and O–H groups in total. The molecule has 19 heavy (non-hydrogen) atoms.